The molecule has 0 aliphatic rings. The van der Waals surface area contributed by atoms with Gasteiger partial charge in [-0.2, -0.15) is 10.2 Å². The summed E-state index contributed by atoms with van der Waals surface area (Å²) in [7, 11) is 0. The zero-order chi connectivity index (χ0) is 13.1. The van der Waals surface area contributed by atoms with E-state index in [1.807, 2.05) is 0 Å². The Morgan fingerprint density at radius 1 is 1.28 bits per heavy atom. The summed E-state index contributed by atoms with van der Waals surface area (Å²) in [4.78, 5) is 27.0. The Hall–Kier alpha value is -2.77. The van der Waals surface area contributed by atoms with Gasteiger partial charge in [-0.05, 0) is 12.1 Å². The van der Waals surface area contributed by atoms with E-state index in [4.69, 9.17) is 5.11 Å². The van der Waals surface area contributed by atoms with Gasteiger partial charge >= 0.3 is 5.97 Å². The Morgan fingerprint density at radius 2 is 1.94 bits per heavy atom. The monoisotopic (exact) mass is 247 g/mol. The lowest BCUT2D eigenvalue weighted by molar-refractivity contribution is -0.114. The third-order valence-electron chi connectivity index (χ3n) is 2.01. The van der Waals surface area contributed by atoms with Crippen LogP contribution in [0.25, 0.3) is 5.69 Å². The van der Waals surface area contributed by atoms with Crippen molar-refractivity contribution < 1.29 is 14.7 Å². The number of carbonyl (C=O) groups is 2. The fraction of sp³-hybridized carbons (Fsp3) is 0.100. The second kappa shape index (κ2) is 4.62. The van der Waals surface area contributed by atoms with Gasteiger partial charge in [-0.25, -0.2) is 9.78 Å². The SMILES string of the molecule is CC(=O)Nc1ccc(-n2nccn2)c(C(=O)O)n1. The number of nitrogens with zero attached hydrogens (tertiary/aromatic N) is 4. The van der Waals surface area contributed by atoms with Crippen LogP contribution in [0.4, 0.5) is 5.82 Å². The van der Waals surface area contributed by atoms with Crippen molar-refractivity contribution in [1.82, 2.24) is 20.0 Å². The number of amides is 1. The summed E-state index contributed by atoms with van der Waals surface area (Å²) in [5, 5.41) is 19.2. The van der Waals surface area contributed by atoms with E-state index in [1.54, 1.807) is 0 Å². The van der Waals surface area contributed by atoms with Crippen molar-refractivity contribution in [1.29, 1.82) is 0 Å². The Labute approximate surface area is 101 Å². The number of hydrogen-bond acceptors (Lipinski definition) is 5. The van der Waals surface area contributed by atoms with Crippen molar-refractivity contribution in [3.63, 3.8) is 0 Å². The average Bonchev–Trinajstić information content (AvgIpc) is 2.81. The van der Waals surface area contributed by atoms with Crippen molar-refractivity contribution in [3.8, 4) is 5.69 Å². The van der Waals surface area contributed by atoms with Crippen LogP contribution in [0.15, 0.2) is 24.5 Å². The van der Waals surface area contributed by atoms with Gasteiger partial charge in [0.05, 0.1) is 12.4 Å². The zero-order valence-corrected chi connectivity index (χ0v) is 9.36. The molecule has 0 aromatic carbocycles. The topological polar surface area (TPSA) is 110 Å². The van der Waals surface area contributed by atoms with Crippen LogP contribution in [0.2, 0.25) is 0 Å². The number of nitrogens with one attached hydrogen (secondary N) is 1. The van der Waals surface area contributed by atoms with E-state index in [2.05, 4.69) is 20.5 Å². The molecule has 0 radical (unpaired) electrons. The van der Waals surface area contributed by atoms with E-state index in [-0.39, 0.29) is 23.1 Å². The molecule has 0 saturated carbocycles. The molecule has 8 nitrogen and oxygen atoms in total. The van der Waals surface area contributed by atoms with Crippen LogP contribution in [0.5, 0.6) is 0 Å². The Morgan fingerprint density at radius 3 is 2.50 bits per heavy atom. The van der Waals surface area contributed by atoms with E-state index >= 15 is 0 Å². The van der Waals surface area contributed by atoms with Gasteiger partial charge in [0.25, 0.3) is 0 Å². The minimum absolute atomic E-state index is 0.163. The number of carboxylic acid groups (broad SMARTS) is 1. The standard InChI is InChI=1S/C10H9N5O3/c1-6(16)13-8-3-2-7(9(14-8)10(17)18)15-11-4-5-12-15/h2-5H,1H3,(H,17,18)(H,13,14,16). The minimum Gasteiger partial charge on any atom is -0.476 e. The first-order valence-electron chi connectivity index (χ1n) is 4.96. The number of hydrogen-bond donors (Lipinski definition) is 2. The highest BCUT2D eigenvalue weighted by Gasteiger charge is 2.16. The van der Waals surface area contributed by atoms with Gasteiger partial charge in [0.2, 0.25) is 5.91 Å². The molecule has 0 bridgehead atoms. The molecule has 2 rings (SSSR count). The third-order valence-corrected chi connectivity index (χ3v) is 2.01. The largest absolute Gasteiger partial charge is 0.476 e. The van der Waals surface area contributed by atoms with Gasteiger partial charge in [-0.3, -0.25) is 4.79 Å². The number of pyridine rings is 1. The second-order valence-electron chi connectivity index (χ2n) is 3.37. The van der Waals surface area contributed by atoms with E-state index in [1.165, 1.54) is 31.5 Å². The molecule has 0 saturated heterocycles. The normalized spacial score (nSPS) is 10.1. The Kier molecular flexibility index (Phi) is 3.00. The van der Waals surface area contributed by atoms with E-state index < -0.39 is 5.97 Å². The molecular weight excluding hydrogens is 238 g/mol. The van der Waals surface area contributed by atoms with Gasteiger partial charge in [0, 0.05) is 6.92 Å². The van der Waals surface area contributed by atoms with Gasteiger partial charge in [-0.1, -0.05) is 0 Å². The molecule has 92 valence electrons. The third kappa shape index (κ3) is 2.32. The first kappa shape index (κ1) is 11.7. The van der Waals surface area contributed by atoms with Crippen LogP contribution in [-0.2, 0) is 4.79 Å². The van der Waals surface area contributed by atoms with Crippen LogP contribution in [0.1, 0.15) is 17.4 Å². The molecule has 0 aliphatic carbocycles. The van der Waals surface area contributed by atoms with Gasteiger partial charge in [-0.15, -0.1) is 4.80 Å². The predicted octanol–water partition coefficient (Wildman–Crippen LogP) is 0.319. The van der Waals surface area contributed by atoms with Gasteiger partial charge in [0.1, 0.15) is 11.5 Å². The van der Waals surface area contributed by atoms with E-state index in [9.17, 15) is 9.59 Å². The van der Waals surface area contributed by atoms with E-state index in [0.717, 1.165) is 4.80 Å². The number of rotatable bonds is 3. The predicted molar refractivity (Wildman–Crippen MR) is 60.4 cm³/mol. The number of anilines is 1. The number of aromatic carboxylic acids is 1. The Bertz CT molecular complexity index is 594. The smallest absolute Gasteiger partial charge is 0.356 e. The van der Waals surface area contributed by atoms with Crippen LogP contribution in [-0.4, -0.2) is 37.0 Å². The van der Waals surface area contributed by atoms with Crippen LogP contribution in [0.3, 0.4) is 0 Å². The fourth-order valence-electron chi connectivity index (χ4n) is 1.36. The van der Waals surface area contributed by atoms with Crippen LogP contribution < -0.4 is 5.32 Å². The number of aromatic nitrogens is 4. The van der Waals surface area contributed by atoms with Gasteiger partial charge in [0.15, 0.2) is 5.69 Å². The lowest BCUT2D eigenvalue weighted by atomic mass is 10.3. The molecule has 1 amide bonds. The molecule has 2 N–H and O–H groups in total. The van der Waals surface area contributed by atoms with Crippen LogP contribution >= 0.6 is 0 Å². The molecule has 0 aliphatic heterocycles. The minimum atomic E-state index is -1.23. The van der Waals surface area contributed by atoms with Crippen molar-refractivity contribution in [3.05, 3.63) is 30.2 Å². The van der Waals surface area contributed by atoms with Gasteiger partial charge < -0.3 is 10.4 Å². The lowest BCUT2D eigenvalue weighted by Gasteiger charge is -2.06. The zero-order valence-electron chi connectivity index (χ0n) is 9.36. The highest BCUT2D eigenvalue weighted by Crippen LogP contribution is 2.14. The summed E-state index contributed by atoms with van der Waals surface area (Å²) in [5.74, 6) is -1.39. The molecule has 0 atom stereocenters. The Balaban J connectivity index is 2.48. The number of carboxylic acids is 1. The first-order chi connectivity index (χ1) is 8.58. The van der Waals surface area contributed by atoms with Crippen molar-refractivity contribution in [2.75, 3.05) is 5.32 Å². The molecule has 2 aromatic rings. The lowest BCUT2D eigenvalue weighted by Crippen LogP contribution is -2.14. The summed E-state index contributed by atoms with van der Waals surface area (Å²) in [6.07, 6.45) is 2.85. The summed E-state index contributed by atoms with van der Waals surface area (Å²) in [6.45, 7) is 1.31. The molecule has 0 unspecified atom stereocenters. The molecule has 0 spiro atoms. The molecule has 0 fully saturated rings. The molecular formula is C10H9N5O3. The van der Waals surface area contributed by atoms with E-state index in [0.29, 0.717) is 0 Å². The first-order valence-corrected chi connectivity index (χ1v) is 4.96. The molecule has 2 aromatic heterocycles. The van der Waals surface area contributed by atoms with Crippen molar-refractivity contribution >= 4 is 17.7 Å². The highest BCUT2D eigenvalue weighted by molar-refractivity contribution is 5.92. The second-order valence-corrected chi connectivity index (χ2v) is 3.37. The summed E-state index contributed by atoms with van der Waals surface area (Å²) in [5.41, 5.74) is -0.0148. The van der Waals surface area contributed by atoms with Crippen molar-refractivity contribution in [2.24, 2.45) is 0 Å². The van der Waals surface area contributed by atoms with Crippen LogP contribution in [0, 0.1) is 0 Å². The average molecular weight is 247 g/mol. The maximum atomic E-state index is 11.1. The molecule has 2 heterocycles. The molecule has 8 heteroatoms. The quantitative estimate of drug-likeness (QED) is 0.808. The summed E-state index contributed by atoms with van der Waals surface area (Å²) in [6, 6.07) is 2.95. The highest BCUT2D eigenvalue weighted by atomic mass is 16.4. The van der Waals surface area contributed by atoms with Crippen molar-refractivity contribution in [2.45, 2.75) is 6.92 Å². The molecule has 18 heavy (non-hydrogen) atoms. The number of carbonyl (C=O) groups excluding carboxylic acids is 1. The summed E-state index contributed by atoms with van der Waals surface area (Å²) >= 11 is 0. The summed E-state index contributed by atoms with van der Waals surface area (Å²) < 4.78 is 0. The maximum absolute atomic E-state index is 11.1. The fourth-order valence-corrected chi connectivity index (χ4v) is 1.36. The maximum Gasteiger partial charge on any atom is 0.356 e.